The first-order chi connectivity index (χ1) is 20.6. The fraction of sp³-hybridized carbons (Fsp3) is 0.333. The molecule has 8 nitrogen and oxygen atoms in total. The van der Waals surface area contributed by atoms with Crippen molar-refractivity contribution in [3.63, 3.8) is 0 Å². The van der Waals surface area contributed by atoms with Crippen molar-refractivity contribution in [2.24, 2.45) is 0 Å². The maximum absolute atomic E-state index is 13.2. The van der Waals surface area contributed by atoms with Gasteiger partial charge in [0.15, 0.2) is 11.3 Å². The molecule has 2 aliphatic rings. The fourth-order valence-corrected chi connectivity index (χ4v) is 7.19. The Morgan fingerprint density at radius 2 is 1.76 bits per heavy atom. The minimum Gasteiger partial charge on any atom is -0.440 e. The number of hydrogen-bond donors (Lipinski definition) is 1. The highest BCUT2D eigenvalue weighted by molar-refractivity contribution is 7.26. The third-order valence-electron chi connectivity index (χ3n) is 8.18. The van der Waals surface area contributed by atoms with Crippen LogP contribution in [0.2, 0.25) is 0 Å². The lowest BCUT2D eigenvalue weighted by atomic mass is 10.0. The lowest BCUT2D eigenvalue weighted by Crippen LogP contribution is -2.45. The molecule has 0 radical (unpaired) electrons. The molecule has 42 heavy (non-hydrogen) atoms. The van der Waals surface area contributed by atoms with E-state index in [2.05, 4.69) is 46.3 Å². The normalized spacial score (nSPS) is 18.2. The van der Waals surface area contributed by atoms with Gasteiger partial charge in [-0.05, 0) is 30.7 Å². The van der Waals surface area contributed by atoms with Crippen molar-refractivity contribution in [1.29, 1.82) is 0 Å². The number of nitrogens with zero attached hydrogens (tertiary/aromatic N) is 2. The van der Waals surface area contributed by atoms with E-state index in [1.807, 2.05) is 30.3 Å². The lowest BCUT2D eigenvalue weighted by Gasteiger charge is -2.31. The Morgan fingerprint density at radius 1 is 0.952 bits per heavy atom. The van der Waals surface area contributed by atoms with Crippen LogP contribution in [0.4, 0.5) is 11.6 Å². The number of benzene rings is 3. The van der Waals surface area contributed by atoms with E-state index < -0.39 is 0 Å². The second-order valence-corrected chi connectivity index (χ2v) is 12.0. The highest BCUT2D eigenvalue weighted by atomic mass is 32.1. The van der Waals surface area contributed by atoms with Crippen LogP contribution in [0.25, 0.3) is 42.3 Å². The molecule has 2 aromatic heterocycles. The number of hydrogen-bond acceptors (Lipinski definition) is 8. The number of amides is 1. The summed E-state index contributed by atoms with van der Waals surface area (Å²) in [6.45, 7) is 7.27. The minimum atomic E-state index is -0.0502. The van der Waals surface area contributed by atoms with Crippen molar-refractivity contribution in [1.82, 2.24) is 4.90 Å². The maximum atomic E-state index is 13.2. The van der Waals surface area contributed by atoms with Gasteiger partial charge in [0.05, 0.1) is 37.9 Å². The fourth-order valence-electron chi connectivity index (χ4n) is 5.98. The number of rotatable bonds is 6. The van der Waals surface area contributed by atoms with Gasteiger partial charge in [0.25, 0.3) is 0 Å². The van der Waals surface area contributed by atoms with Gasteiger partial charge in [0, 0.05) is 69.2 Å². The van der Waals surface area contributed by atoms with Crippen LogP contribution in [0.1, 0.15) is 13.3 Å². The summed E-state index contributed by atoms with van der Waals surface area (Å²) in [4.78, 5) is 30.3. The van der Waals surface area contributed by atoms with Crippen LogP contribution >= 0.6 is 11.3 Å². The molecular weight excluding hydrogens is 550 g/mol. The van der Waals surface area contributed by atoms with Gasteiger partial charge < -0.3 is 24.1 Å². The van der Waals surface area contributed by atoms with E-state index in [9.17, 15) is 9.59 Å². The van der Waals surface area contributed by atoms with Crippen molar-refractivity contribution in [3.05, 3.63) is 70.9 Å². The first kappa shape index (κ1) is 27.1. The third kappa shape index (κ3) is 5.18. The Kier molecular flexibility index (Phi) is 7.41. The summed E-state index contributed by atoms with van der Waals surface area (Å²) in [6.07, 6.45) is 1.14. The van der Waals surface area contributed by atoms with Gasteiger partial charge in [0.2, 0.25) is 5.91 Å². The quantitative estimate of drug-likeness (QED) is 0.274. The average Bonchev–Trinajstić information content (AvgIpc) is 3.39. The van der Waals surface area contributed by atoms with E-state index in [1.165, 1.54) is 0 Å². The van der Waals surface area contributed by atoms with Crippen molar-refractivity contribution in [2.75, 3.05) is 62.8 Å². The third-order valence-corrected chi connectivity index (χ3v) is 9.40. The van der Waals surface area contributed by atoms with Crippen molar-refractivity contribution in [2.45, 2.75) is 19.4 Å². The Balaban J connectivity index is 1.23. The van der Waals surface area contributed by atoms with Gasteiger partial charge in [-0.2, -0.15) is 0 Å². The summed E-state index contributed by atoms with van der Waals surface area (Å²) < 4.78 is 19.9. The highest BCUT2D eigenvalue weighted by Crippen LogP contribution is 2.42. The summed E-state index contributed by atoms with van der Waals surface area (Å²) in [6, 6.07) is 19.7. The molecule has 1 unspecified atom stereocenters. The number of fused-ring (bicyclic) bond motifs is 4. The molecule has 4 heterocycles. The summed E-state index contributed by atoms with van der Waals surface area (Å²) in [5.41, 5.74) is 3.24. The van der Waals surface area contributed by atoms with E-state index in [4.69, 9.17) is 13.9 Å². The van der Waals surface area contributed by atoms with Gasteiger partial charge in [-0.15, -0.1) is 11.3 Å². The summed E-state index contributed by atoms with van der Waals surface area (Å²) >= 11 is 1.71. The number of morpholine rings is 2. The zero-order valence-corrected chi connectivity index (χ0v) is 24.4. The molecule has 5 aromatic rings. The van der Waals surface area contributed by atoms with Gasteiger partial charge in [-0.1, -0.05) is 37.3 Å². The van der Waals surface area contributed by atoms with E-state index in [0.717, 1.165) is 56.5 Å². The molecule has 1 atom stereocenters. The first-order valence-corrected chi connectivity index (χ1v) is 15.4. The molecular formula is C33H33N3O5S. The Hall–Kier alpha value is -3.76. The van der Waals surface area contributed by atoms with Crippen LogP contribution < -0.4 is 15.6 Å². The lowest BCUT2D eigenvalue weighted by molar-refractivity contribution is -0.119. The zero-order chi connectivity index (χ0) is 28.6. The molecule has 2 saturated heterocycles. The van der Waals surface area contributed by atoms with Crippen molar-refractivity contribution >= 4 is 60.0 Å². The smallest absolute Gasteiger partial charge is 0.238 e. The Labute approximate surface area is 247 Å². The molecule has 0 spiro atoms. The molecule has 2 aliphatic heterocycles. The molecule has 7 rings (SSSR count). The van der Waals surface area contributed by atoms with E-state index >= 15 is 0 Å². The number of thiophene rings is 1. The van der Waals surface area contributed by atoms with Gasteiger partial charge >= 0.3 is 0 Å². The molecule has 1 amide bonds. The second-order valence-electron chi connectivity index (χ2n) is 10.9. The molecule has 9 heteroatoms. The van der Waals surface area contributed by atoms with Crippen LogP contribution in [0.15, 0.2) is 69.9 Å². The predicted molar refractivity (Wildman–Crippen MR) is 169 cm³/mol. The summed E-state index contributed by atoms with van der Waals surface area (Å²) in [7, 11) is 0. The average molecular weight is 584 g/mol. The van der Waals surface area contributed by atoms with Crippen LogP contribution in [0, 0.1) is 0 Å². The topological polar surface area (TPSA) is 84.3 Å². The van der Waals surface area contributed by atoms with Gasteiger partial charge in [-0.3, -0.25) is 14.5 Å². The predicted octanol–water partition coefficient (Wildman–Crippen LogP) is 5.71. The first-order valence-electron chi connectivity index (χ1n) is 14.6. The van der Waals surface area contributed by atoms with Gasteiger partial charge in [0.1, 0.15) is 5.58 Å². The molecule has 0 saturated carbocycles. The summed E-state index contributed by atoms with van der Waals surface area (Å²) in [5, 5.41) is 5.86. The molecule has 2 fully saturated rings. The largest absolute Gasteiger partial charge is 0.440 e. The molecule has 0 aliphatic carbocycles. The highest BCUT2D eigenvalue weighted by Gasteiger charge is 2.22. The monoisotopic (exact) mass is 583 g/mol. The van der Waals surface area contributed by atoms with Crippen LogP contribution in [0.3, 0.4) is 0 Å². The number of anilines is 2. The van der Waals surface area contributed by atoms with E-state index in [0.29, 0.717) is 56.3 Å². The molecule has 0 bridgehead atoms. The van der Waals surface area contributed by atoms with Crippen molar-refractivity contribution in [3.8, 4) is 11.1 Å². The van der Waals surface area contributed by atoms with E-state index in [1.54, 1.807) is 17.4 Å². The molecule has 216 valence electrons. The number of carbonyl (C=O) groups excluding carboxylic acids is 1. The standard InChI is InChI=1S/C33H33N3O5S/c1-2-22-19-35(11-16-40-22)20-30(38)34-21-9-10-29-27(17-21)25-7-4-6-24(33(25)42-29)23-5-3-8-26-28(37)18-31(41-32(23)26)36-12-14-39-15-13-36/h3-10,17-18,22H,2,11-16,19-20H2,1H3,(H,34,38). The van der Waals surface area contributed by atoms with Crippen molar-refractivity contribution < 1.29 is 18.7 Å². The molecule has 3 aromatic carbocycles. The number of carbonyl (C=O) groups is 1. The summed E-state index contributed by atoms with van der Waals surface area (Å²) in [5.74, 6) is 0.558. The minimum absolute atomic E-state index is 0.0202. The van der Waals surface area contributed by atoms with Crippen LogP contribution in [0.5, 0.6) is 0 Å². The second kappa shape index (κ2) is 11.5. The van der Waals surface area contributed by atoms with E-state index in [-0.39, 0.29) is 17.4 Å². The Morgan fingerprint density at radius 3 is 2.60 bits per heavy atom. The maximum Gasteiger partial charge on any atom is 0.238 e. The number of nitrogens with one attached hydrogen (secondary N) is 1. The number of ether oxygens (including phenoxy) is 2. The van der Waals surface area contributed by atoms with Gasteiger partial charge in [-0.25, -0.2) is 0 Å². The Bertz CT molecular complexity index is 1840. The number of para-hydroxylation sites is 1. The zero-order valence-electron chi connectivity index (χ0n) is 23.6. The molecule has 1 N–H and O–H groups in total. The van der Waals surface area contributed by atoms with Crippen LogP contribution in [-0.2, 0) is 14.3 Å². The van der Waals surface area contributed by atoms with Crippen LogP contribution in [-0.4, -0.2) is 69.5 Å². The SMILES string of the molecule is CCC1CN(CC(=O)Nc2ccc3sc4c(-c5cccc6c(=O)cc(N7CCOCC7)oc56)cccc4c3c2)CCO1.